The highest BCUT2D eigenvalue weighted by Crippen LogP contribution is 2.13. The highest BCUT2D eigenvalue weighted by Gasteiger charge is 2.17. The number of unbranched alkanes of at least 4 members (excludes halogenated alkanes) is 16. The van der Waals surface area contributed by atoms with E-state index in [-0.39, 0.29) is 25.2 Å². The first-order valence-corrected chi connectivity index (χ1v) is 25.4. The van der Waals surface area contributed by atoms with Gasteiger partial charge in [0.1, 0.15) is 6.61 Å². The van der Waals surface area contributed by atoms with Crippen LogP contribution >= 0.6 is 0 Å². The Balaban J connectivity index is 4.37. The van der Waals surface area contributed by atoms with E-state index in [1.165, 1.54) is 51.4 Å². The summed E-state index contributed by atoms with van der Waals surface area (Å²) < 4.78 is 17.3. The molecule has 0 aromatic rings. The number of carbonyl (C=O) groups excluding carboxylic acids is 2. The molecular formula is C57H94O5. The molecule has 0 aliphatic heterocycles. The number of ether oxygens (including phenoxy) is 3. The summed E-state index contributed by atoms with van der Waals surface area (Å²) in [5, 5.41) is 0. The fraction of sp³-hybridized carbons (Fsp3) is 0.649. The molecule has 0 aliphatic carbocycles. The van der Waals surface area contributed by atoms with Gasteiger partial charge in [0.2, 0.25) is 0 Å². The lowest BCUT2D eigenvalue weighted by molar-refractivity contribution is -0.163. The number of carbonyl (C=O) groups is 2. The first kappa shape index (κ1) is 58.6. The minimum Gasteiger partial charge on any atom is -0.462 e. The van der Waals surface area contributed by atoms with Gasteiger partial charge >= 0.3 is 11.9 Å². The van der Waals surface area contributed by atoms with E-state index in [0.29, 0.717) is 19.4 Å². The fourth-order valence-corrected chi connectivity index (χ4v) is 6.58. The van der Waals surface area contributed by atoms with Gasteiger partial charge in [0, 0.05) is 19.4 Å². The second-order valence-electron chi connectivity index (χ2n) is 16.3. The van der Waals surface area contributed by atoms with Gasteiger partial charge in [-0.15, -0.1) is 0 Å². The predicted molar refractivity (Wildman–Crippen MR) is 269 cm³/mol. The van der Waals surface area contributed by atoms with Gasteiger partial charge in [0.15, 0.2) is 6.10 Å². The van der Waals surface area contributed by atoms with Gasteiger partial charge in [0.05, 0.1) is 6.61 Å². The molecule has 5 nitrogen and oxygen atoms in total. The summed E-state index contributed by atoms with van der Waals surface area (Å²) >= 11 is 0. The van der Waals surface area contributed by atoms with Crippen LogP contribution < -0.4 is 0 Å². The zero-order chi connectivity index (χ0) is 44.9. The monoisotopic (exact) mass is 859 g/mol. The summed E-state index contributed by atoms with van der Waals surface area (Å²) in [5.74, 6) is -0.458. The summed E-state index contributed by atoms with van der Waals surface area (Å²) in [7, 11) is 0. The largest absolute Gasteiger partial charge is 0.462 e. The van der Waals surface area contributed by atoms with Crippen molar-refractivity contribution in [3.05, 3.63) is 109 Å². The number of hydrogen-bond donors (Lipinski definition) is 0. The van der Waals surface area contributed by atoms with Crippen molar-refractivity contribution in [3.63, 3.8) is 0 Å². The van der Waals surface area contributed by atoms with Crippen LogP contribution in [0.5, 0.6) is 0 Å². The van der Waals surface area contributed by atoms with Crippen LogP contribution in [0.25, 0.3) is 0 Å². The van der Waals surface area contributed by atoms with Crippen molar-refractivity contribution in [3.8, 4) is 0 Å². The van der Waals surface area contributed by atoms with Crippen LogP contribution in [-0.4, -0.2) is 37.9 Å². The Bertz CT molecular complexity index is 1250. The molecule has 0 N–H and O–H groups in total. The standard InChI is InChI=1S/C57H94O5/c1-4-7-10-13-16-19-22-24-26-28-29-30-31-33-36-38-41-44-47-50-56(58)61-54-55(62-57(59)51-48-45-42-39-35-21-18-15-12-9-6-3)53-60-52-49-46-43-40-37-34-32-27-25-23-20-17-14-11-8-5-2/h7-8,10-11,16-17,19-20,24-27,29-30,33-34,36-37,55H,4-6,9,12-15,18,21-23,28,31-32,35,38-54H2,1-3H3/b10-7-,11-8-,19-16-,20-17-,26-24-,27-25-,30-29-,36-33-,37-34-. The molecule has 0 aliphatic rings. The maximum atomic E-state index is 12.8. The van der Waals surface area contributed by atoms with Gasteiger partial charge in [-0.25, -0.2) is 0 Å². The number of allylic oxidation sites excluding steroid dienone is 18. The normalized spacial score (nSPS) is 13.1. The molecule has 1 atom stereocenters. The highest BCUT2D eigenvalue weighted by atomic mass is 16.6. The molecule has 0 saturated heterocycles. The molecule has 0 spiro atoms. The van der Waals surface area contributed by atoms with E-state index in [2.05, 4.69) is 130 Å². The molecule has 1 unspecified atom stereocenters. The Morgan fingerprint density at radius 3 is 1.16 bits per heavy atom. The molecule has 0 aromatic heterocycles. The highest BCUT2D eigenvalue weighted by molar-refractivity contribution is 5.70. The van der Waals surface area contributed by atoms with E-state index in [4.69, 9.17) is 14.2 Å². The molecule has 0 bridgehead atoms. The minimum atomic E-state index is -0.570. The van der Waals surface area contributed by atoms with Crippen molar-refractivity contribution in [2.24, 2.45) is 0 Å². The zero-order valence-electron chi connectivity index (χ0n) is 40.3. The van der Waals surface area contributed by atoms with Crippen LogP contribution in [0.1, 0.15) is 213 Å². The summed E-state index contributed by atoms with van der Waals surface area (Å²) in [6.45, 7) is 7.48. The van der Waals surface area contributed by atoms with Gasteiger partial charge in [-0.2, -0.15) is 0 Å². The van der Waals surface area contributed by atoms with Gasteiger partial charge in [-0.3, -0.25) is 9.59 Å². The molecule has 352 valence electrons. The van der Waals surface area contributed by atoms with Crippen molar-refractivity contribution in [2.75, 3.05) is 19.8 Å². The van der Waals surface area contributed by atoms with E-state index < -0.39 is 6.10 Å². The first-order chi connectivity index (χ1) is 30.6. The quantitative estimate of drug-likeness (QED) is 0.0347. The van der Waals surface area contributed by atoms with Crippen LogP contribution in [0.15, 0.2) is 109 Å². The van der Waals surface area contributed by atoms with Crippen LogP contribution in [-0.2, 0) is 23.8 Å². The molecule has 0 radical (unpaired) electrons. The molecular weight excluding hydrogens is 765 g/mol. The maximum Gasteiger partial charge on any atom is 0.306 e. The third-order valence-corrected chi connectivity index (χ3v) is 10.3. The Hall–Kier alpha value is -3.44. The minimum absolute atomic E-state index is 0.0503. The number of rotatable bonds is 45. The van der Waals surface area contributed by atoms with E-state index >= 15 is 0 Å². The lowest BCUT2D eigenvalue weighted by Gasteiger charge is -2.18. The average Bonchev–Trinajstić information content (AvgIpc) is 3.27. The third-order valence-electron chi connectivity index (χ3n) is 10.3. The Morgan fingerprint density at radius 1 is 0.371 bits per heavy atom. The van der Waals surface area contributed by atoms with Crippen molar-refractivity contribution in [2.45, 2.75) is 219 Å². The van der Waals surface area contributed by atoms with Gasteiger partial charge in [0.25, 0.3) is 0 Å². The van der Waals surface area contributed by atoms with Crippen LogP contribution in [0.4, 0.5) is 0 Å². The molecule has 5 heteroatoms. The topological polar surface area (TPSA) is 61.8 Å². The number of hydrogen-bond acceptors (Lipinski definition) is 5. The van der Waals surface area contributed by atoms with Crippen LogP contribution in [0, 0.1) is 0 Å². The lowest BCUT2D eigenvalue weighted by Crippen LogP contribution is -2.30. The van der Waals surface area contributed by atoms with Crippen molar-refractivity contribution in [1.29, 1.82) is 0 Å². The van der Waals surface area contributed by atoms with E-state index in [0.717, 1.165) is 128 Å². The zero-order valence-corrected chi connectivity index (χ0v) is 40.3. The molecule has 0 heterocycles. The van der Waals surface area contributed by atoms with Crippen LogP contribution in [0.2, 0.25) is 0 Å². The predicted octanol–water partition coefficient (Wildman–Crippen LogP) is 17.2. The third kappa shape index (κ3) is 49.2. The van der Waals surface area contributed by atoms with E-state index in [1.54, 1.807) is 0 Å². The molecule has 0 amide bonds. The molecule has 0 aromatic carbocycles. The van der Waals surface area contributed by atoms with E-state index in [9.17, 15) is 9.59 Å². The van der Waals surface area contributed by atoms with E-state index in [1.807, 2.05) is 0 Å². The molecule has 0 saturated carbocycles. The number of esters is 2. The molecule has 62 heavy (non-hydrogen) atoms. The van der Waals surface area contributed by atoms with Crippen molar-refractivity contribution < 1.29 is 23.8 Å². The van der Waals surface area contributed by atoms with Gasteiger partial charge < -0.3 is 14.2 Å². The second kappa shape index (κ2) is 51.9. The van der Waals surface area contributed by atoms with Gasteiger partial charge in [-0.1, -0.05) is 207 Å². The lowest BCUT2D eigenvalue weighted by atomic mass is 10.1. The summed E-state index contributed by atoms with van der Waals surface area (Å²) in [6.07, 6.45) is 71.0. The Labute approximate surface area is 383 Å². The Kier molecular flexibility index (Phi) is 49.0. The summed E-state index contributed by atoms with van der Waals surface area (Å²) in [4.78, 5) is 25.4. The summed E-state index contributed by atoms with van der Waals surface area (Å²) in [6, 6.07) is 0. The molecule has 0 rings (SSSR count). The maximum absolute atomic E-state index is 12.8. The SMILES string of the molecule is CC/C=C\C/C=C\C/C=C\C/C=C\C/C=C\CCCCCC(=O)OCC(COCCCCC/C=C\C/C=C\C/C=C\C/C=C\CC)OC(=O)CCCCCCCCCCCCC. The average molecular weight is 859 g/mol. The summed E-state index contributed by atoms with van der Waals surface area (Å²) in [5.41, 5.74) is 0. The first-order valence-electron chi connectivity index (χ1n) is 25.4. The van der Waals surface area contributed by atoms with Crippen molar-refractivity contribution >= 4 is 11.9 Å². The second-order valence-corrected chi connectivity index (χ2v) is 16.3. The Morgan fingerprint density at radius 2 is 0.726 bits per heavy atom. The van der Waals surface area contributed by atoms with Crippen molar-refractivity contribution in [1.82, 2.24) is 0 Å². The van der Waals surface area contributed by atoms with Gasteiger partial charge in [-0.05, 0) is 103 Å². The smallest absolute Gasteiger partial charge is 0.306 e. The molecule has 0 fully saturated rings. The van der Waals surface area contributed by atoms with Crippen LogP contribution in [0.3, 0.4) is 0 Å². The fourth-order valence-electron chi connectivity index (χ4n) is 6.58.